The number of aryl methyl sites for hydroxylation is 1. The molecule has 6 nitrogen and oxygen atoms in total. The molecule has 1 rings (SSSR count). The molecular formula is C23H37NO5S. The fourth-order valence-electron chi connectivity index (χ4n) is 3.46. The van der Waals surface area contributed by atoms with Crippen LogP contribution < -0.4 is 0 Å². The fraction of sp³-hybridized carbons (Fsp3) is 0.609. The van der Waals surface area contributed by atoms with E-state index in [0.717, 1.165) is 50.5 Å². The normalized spacial score (nSPS) is 13.2. The highest BCUT2D eigenvalue weighted by Gasteiger charge is 2.30. The zero-order valence-corrected chi connectivity index (χ0v) is 19.1. The van der Waals surface area contributed by atoms with E-state index in [9.17, 15) is 18.3 Å². The minimum Gasteiger partial charge on any atom is -0.481 e. The molecule has 0 aliphatic carbocycles. The number of aliphatic carboxylic acids is 1. The summed E-state index contributed by atoms with van der Waals surface area (Å²) in [6, 6.07) is 6.72. The molecule has 0 radical (unpaired) electrons. The van der Waals surface area contributed by atoms with Gasteiger partial charge in [0.25, 0.3) is 0 Å². The summed E-state index contributed by atoms with van der Waals surface area (Å²) in [4.78, 5) is 10.8. The maximum absolute atomic E-state index is 13.2. The number of rotatable bonds is 16. The van der Waals surface area contributed by atoms with Crippen molar-refractivity contribution in [1.82, 2.24) is 4.31 Å². The van der Waals surface area contributed by atoms with Crippen molar-refractivity contribution in [2.24, 2.45) is 0 Å². The lowest BCUT2D eigenvalue weighted by Gasteiger charge is -2.30. The highest BCUT2D eigenvalue weighted by molar-refractivity contribution is 7.89. The minimum atomic E-state index is -3.65. The topological polar surface area (TPSA) is 94.9 Å². The second-order valence-corrected chi connectivity index (χ2v) is 9.53. The highest BCUT2D eigenvalue weighted by atomic mass is 32.2. The first-order valence-electron chi connectivity index (χ1n) is 10.9. The largest absolute Gasteiger partial charge is 0.481 e. The van der Waals surface area contributed by atoms with Crippen LogP contribution in [0.1, 0.15) is 70.3 Å². The van der Waals surface area contributed by atoms with Crippen molar-refractivity contribution in [2.45, 2.75) is 82.6 Å². The Kier molecular flexibility index (Phi) is 12.6. The SMILES string of the molecule is CCC[C@H](CCCC/C=C\CCCC(=O)O)N(CCO)S(=O)(=O)c1ccc(C)cc1. The van der Waals surface area contributed by atoms with Crippen LogP contribution in [0.3, 0.4) is 0 Å². The minimum absolute atomic E-state index is 0.102. The summed E-state index contributed by atoms with van der Waals surface area (Å²) in [6.07, 6.45) is 10.8. The summed E-state index contributed by atoms with van der Waals surface area (Å²) in [5.74, 6) is -0.765. The van der Waals surface area contributed by atoms with Gasteiger partial charge in [0.05, 0.1) is 11.5 Å². The number of aliphatic hydroxyl groups is 1. The lowest BCUT2D eigenvalue weighted by molar-refractivity contribution is -0.137. The van der Waals surface area contributed by atoms with Crippen molar-refractivity contribution in [3.63, 3.8) is 0 Å². The monoisotopic (exact) mass is 439 g/mol. The first-order valence-corrected chi connectivity index (χ1v) is 12.3. The molecule has 7 heteroatoms. The van der Waals surface area contributed by atoms with Crippen LogP contribution in [0.2, 0.25) is 0 Å². The number of allylic oxidation sites excluding steroid dienone is 2. The third-order valence-corrected chi connectivity index (χ3v) is 7.03. The van der Waals surface area contributed by atoms with Crippen LogP contribution >= 0.6 is 0 Å². The summed E-state index contributed by atoms with van der Waals surface area (Å²) in [5, 5.41) is 18.1. The molecule has 0 aromatic heterocycles. The van der Waals surface area contributed by atoms with Crippen LogP contribution in [0, 0.1) is 6.92 Å². The first-order chi connectivity index (χ1) is 14.3. The smallest absolute Gasteiger partial charge is 0.303 e. The molecule has 170 valence electrons. The van der Waals surface area contributed by atoms with E-state index in [0.29, 0.717) is 6.42 Å². The molecule has 2 N–H and O–H groups in total. The molecule has 0 heterocycles. The number of sulfonamides is 1. The summed E-state index contributed by atoms with van der Waals surface area (Å²) in [6.45, 7) is 3.86. The van der Waals surface area contributed by atoms with E-state index in [2.05, 4.69) is 6.08 Å². The summed E-state index contributed by atoms with van der Waals surface area (Å²) < 4.78 is 27.9. The van der Waals surface area contributed by atoms with Gasteiger partial charge in [0.2, 0.25) is 10.0 Å². The lowest BCUT2D eigenvalue weighted by Crippen LogP contribution is -2.42. The Morgan fingerprint density at radius 3 is 2.27 bits per heavy atom. The molecule has 0 spiro atoms. The zero-order valence-electron chi connectivity index (χ0n) is 18.3. The Labute approximate surface area is 181 Å². The van der Waals surface area contributed by atoms with Crippen molar-refractivity contribution in [3.8, 4) is 0 Å². The Morgan fingerprint density at radius 1 is 1.07 bits per heavy atom. The van der Waals surface area contributed by atoms with Crippen LogP contribution in [-0.2, 0) is 14.8 Å². The Balaban J connectivity index is 2.66. The van der Waals surface area contributed by atoms with Gasteiger partial charge in [0, 0.05) is 19.0 Å². The fourth-order valence-corrected chi connectivity index (χ4v) is 5.13. The average molecular weight is 440 g/mol. The first kappa shape index (κ1) is 26.3. The van der Waals surface area contributed by atoms with Gasteiger partial charge in [0.15, 0.2) is 0 Å². The number of aliphatic hydroxyl groups excluding tert-OH is 1. The van der Waals surface area contributed by atoms with Crippen molar-refractivity contribution in [2.75, 3.05) is 13.2 Å². The van der Waals surface area contributed by atoms with Gasteiger partial charge in [0.1, 0.15) is 0 Å². The molecule has 0 aliphatic rings. The zero-order chi connectivity index (χ0) is 22.4. The highest BCUT2D eigenvalue weighted by Crippen LogP contribution is 2.24. The molecule has 1 aromatic rings. The number of carboxylic acids is 1. The molecule has 0 unspecified atom stereocenters. The Hall–Kier alpha value is -1.70. The number of unbranched alkanes of at least 4 members (excludes halogenated alkanes) is 3. The second-order valence-electron chi connectivity index (χ2n) is 7.64. The molecule has 0 aliphatic heterocycles. The van der Waals surface area contributed by atoms with E-state index < -0.39 is 16.0 Å². The Morgan fingerprint density at radius 2 is 1.70 bits per heavy atom. The van der Waals surface area contributed by atoms with Gasteiger partial charge in [-0.1, -0.05) is 49.6 Å². The molecule has 0 bridgehead atoms. The number of carboxylic acid groups (broad SMARTS) is 1. The predicted molar refractivity (Wildman–Crippen MR) is 120 cm³/mol. The van der Waals surface area contributed by atoms with Crippen LogP contribution in [0.15, 0.2) is 41.3 Å². The van der Waals surface area contributed by atoms with Crippen molar-refractivity contribution >= 4 is 16.0 Å². The number of carbonyl (C=O) groups is 1. The molecule has 30 heavy (non-hydrogen) atoms. The Bertz CT molecular complexity index is 743. The predicted octanol–water partition coefficient (Wildman–Crippen LogP) is 4.52. The van der Waals surface area contributed by atoms with Gasteiger partial charge in [-0.3, -0.25) is 4.79 Å². The molecule has 1 atom stereocenters. The van der Waals surface area contributed by atoms with Gasteiger partial charge >= 0.3 is 5.97 Å². The van der Waals surface area contributed by atoms with E-state index in [1.165, 1.54) is 4.31 Å². The van der Waals surface area contributed by atoms with Gasteiger partial charge < -0.3 is 10.2 Å². The summed E-state index contributed by atoms with van der Waals surface area (Å²) in [5.41, 5.74) is 1.00. The van der Waals surface area contributed by atoms with E-state index in [4.69, 9.17) is 5.11 Å². The van der Waals surface area contributed by atoms with Gasteiger partial charge in [-0.15, -0.1) is 0 Å². The molecule has 0 saturated heterocycles. The van der Waals surface area contributed by atoms with Crippen LogP contribution in [0.5, 0.6) is 0 Å². The maximum atomic E-state index is 13.2. The van der Waals surface area contributed by atoms with Crippen molar-refractivity contribution in [3.05, 3.63) is 42.0 Å². The molecular weight excluding hydrogens is 402 g/mol. The van der Waals surface area contributed by atoms with Gasteiger partial charge in [-0.2, -0.15) is 4.31 Å². The van der Waals surface area contributed by atoms with E-state index in [-0.39, 0.29) is 30.5 Å². The van der Waals surface area contributed by atoms with E-state index in [1.807, 2.05) is 19.9 Å². The van der Waals surface area contributed by atoms with Gasteiger partial charge in [-0.05, 0) is 57.6 Å². The number of hydrogen-bond donors (Lipinski definition) is 2. The lowest BCUT2D eigenvalue weighted by atomic mass is 10.0. The number of benzene rings is 1. The molecule has 1 aromatic carbocycles. The van der Waals surface area contributed by atoms with Crippen LogP contribution in [0.25, 0.3) is 0 Å². The summed E-state index contributed by atoms with van der Waals surface area (Å²) >= 11 is 0. The molecule has 0 amide bonds. The van der Waals surface area contributed by atoms with Crippen molar-refractivity contribution < 1.29 is 23.4 Å². The van der Waals surface area contributed by atoms with E-state index in [1.54, 1.807) is 24.3 Å². The standard InChI is InChI=1S/C23H37NO5S/c1-3-11-21(12-9-7-5-4-6-8-10-13-23(26)27)24(18-19-25)30(28,29)22-16-14-20(2)15-17-22/h4,6,14-17,21,25H,3,5,7-13,18-19H2,1-2H3,(H,26,27)/b6-4-/t21-/m1/s1. The van der Waals surface area contributed by atoms with E-state index >= 15 is 0 Å². The van der Waals surface area contributed by atoms with Gasteiger partial charge in [-0.25, -0.2) is 8.42 Å². The number of hydrogen-bond acceptors (Lipinski definition) is 4. The third-order valence-electron chi connectivity index (χ3n) is 5.06. The van der Waals surface area contributed by atoms with Crippen molar-refractivity contribution in [1.29, 1.82) is 0 Å². The average Bonchev–Trinajstić information content (AvgIpc) is 2.70. The maximum Gasteiger partial charge on any atom is 0.303 e. The molecule has 0 saturated carbocycles. The number of nitrogens with zero attached hydrogens (tertiary/aromatic N) is 1. The quantitative estimate of drug-likeness (QED) is 0.292. The van der Waals surface area contributed by atoms with Crippen LogP contribution in [0.4, 0.5) is 0 Å². The second kappa shape index (κ2) is 14.3. The van der Waals surface area contributed by atoms with Crippen LogP contribution in [-0.4, -0.2) is 48.1 Å². The summed E-state index contributed by atoms with van der Waals surface area (Å²) in [7, 11) is -3.65. The molecule has 0 fully saturated rings. The third kappa shape index (κ3) is 9.41.